The Hall–Kier alpha value is -2.75. The maximum Gasteiger partial charge on any atom is 0.330 e. The molecule has 2 aromatic carbocycles. The van der Waals surface area contributed by atoms with Crippen molar-refractivity contribution in [3.63, 3.8) is 0 Å². The number of rotatable bonds is 6. The van der Waals surface area contributed by atoms with Crippen molar-refractivity contribution in [1.82, 2.24) is 0 Å². The van der Waals surface area contributed by atoms with Crippen molar-refractivity contribution >= 4 is 12.0 Å². The summed E-state index contributed by atoms with van der Waals surface area (Å²) < 4.78 is 10.6. The molecule has 0 atom stereocenters. The molecule has 0 aliphatic heterocycles. The van der Waals surface area contributed by atoms with Crippen molar-refractivity contribution in [3.05, 3.63) is 65.7 Å². The van der Waals surface area contributed by atoms with Gasteiger partial charge < -0.3 is 14.6 Å². The normalized spacial score (nSPS) is 10.6. The van der Waals surface area contributed by atoms with Crippen molar-refractivity contribution in [2.75, 3.05) is 6.61 Å². The third-order valence-corrected chi connectivity index (χ3v) is 2.92. The minimum atomic E-state index is -0.412. The fourth-order valence-corrected chi connectivity index (χ4v) is 1.87. The van der Waals surface area contributed by atoms with Gasteiger partial charge in [-0.1, -0.05) is 30.3 Å². The van der Waals surface area contributed by atoms with Crippen LogP contribution < -0.4 is 4.74 Å². The Labute approximate surface area is 129 Å². The van der Waals surface area contributed by atoms with Gasteiger partial charge in [0.25, 0.3) is 0 Å². The van der Waals surface area contributed by atoms with Crippen LogP contribution in [0, 0.1) is 0 Å². The highest BCUT2D eigenvalue weighted by atomic mass is 16.5. The first-order valence-electron chi connectivity index (χ1n) is 7.03. The molecule has 0 saturated heterocycles. The van der Waals surface area contributed by atoms with Crippen LogP contribution in [0.25, 0.3) is 6.08 Å². The quantitative estimate of drug-likeness (QED) is 0.654. The molecule has 4 heteroatoms. The SMILES string of the molecule is CCOC(=O)C=Cc1ccc(O)cc1OCc1ccccc1. The Morgan fingerprint density at radius 2 is 1.95 bits per heavy atom. The topological polar surface area (TPSA) is 55.8 Å². The Morgan fingerprint density at radius 3 is 2.68 bits per heavy atom. The van der Waals surface area contributed by atoms with Crippen LogP contribution in [-0.4, -0.2) is 17.7 Å². The van der Waals surface area contributed by atoms with Gasteiger partial charge in [-0.3, -0.25) is 0 Å². The van der Waals surface area contributed by atoms with E-state index in [1.54, 1.807) is 25.1 Å². The predicted octanol–water partition coefficient (Wildman–Crippen LogP) is 3.55. The fourth-order valence-electron chi connectivity index (χ4n) is 1.87. The Morgan fingerprint density at radius 1 is 1.18 bits per heavy atom. The van der Waals surface area contributed by atoms with E-state index in [0.29, 0.717) is 24.5 Å². The molecule has 114 valence electrons. The third-order valence-electron chi connectivity index (χ3n) is 2.92. The summed E-state index contributed by atoms with van der Waals surface area (Å²) in [4.78, 5) is 11.4. The van der Waals surface area contributed by atoms with Gasteiger partial charge in [-0.2, -0.15) is 0 Å². The zero-order valence-corrected chi connectivity index (χ0v) is 12.4. The van der Waals surface area contributed by atoms with Crippen LogP contribution in [0.1, 0.15) is 18.1 Å². The minimum Gasteiger partial charge on any atom is -0.508 e. The Bertz CT molecular complexity index is 647. The number of carbonyl (C=O) groups is 1. The van der Waals surface area contributed by atoms with Crippen molar-refractivity contribution in [2.45, 2.75) is 13.5 Å². The number of hydrogen-bond acceptors (Lipinski definition) is 4. The highest BCUT2D eigenvalue weighted by molar-refractivity contribution is 5.87. The average molecular weight is 298 g/mol. The van der Waals surface area contributed by atoms with Crippen LogP contribution in [0.3, 0.4) is 0 Å². The van der Waals surface area contributed by atoms with E-state index in [1.165, 1.54) is 12.1 Å². The molecule has 0 unspecified atom stereocenters. The smallest absolute Gasteiger partial charge is 0.330 e. The molecule has 0 aliphatic rings. The minimum absolute atomic E-state index is 0.108. The van der Waals surface area contributed by atoms with Gasteiger partial charge in [0.15, 0.2) is 0 Å². The zero-order valence-electron chi connectivity index (χ0n) is 12.4. The molecule has 1 N–H and O–H groups in total. The summed E-state index contributed by atoms with van der Waals surface area (Å²) >= 11 is 0. The van der Waals surface area contributed by atoms with Crippen LogP contribution in [0.5, 0.6) is 11.5 Å². The van der Waals surface area contributed by atoms with E-state index >= 15 is 0 Å². The highest BCUT2D eigenvalue weighted by Gasteiger charge is 2.04. The maximum atomic E-state index is 11.4. The van der Waals surface area contributed by atoms with Gasteiger partial charge in [0.05, 0.1) is 6.61 Å². The zero-order chi connectivity index (χ0) is 15.8. The van der Waals surface area contributed by atoms with Crippen LogP contribution in [0.2, 0.25) is 0 Å². The van der Waals surface area contributed by atoms with E-state index < -0.39 is 5.97 Å². The molecular formula is C18H18O4. The number of benzene rings is 2. The van der Waals surface area contributed by atoms with Crippen LogP contribution in [0.15, 0.2) is 54.6 Å². The first-order chi connectivity index (χ1) is 10.7. The molecule has 0 fully saturated rings. The molecule has 0 spiro atoms. The van der Waals surface area contributed by atoms with E-state index in [1.807, 2.05) is 30.3 Å². The van der Waals surface area contributed by atoms with Gasteiger partial charge >= 0.3 is 5.97 Å². The molecule has 0 heterocycles. The summed E-state index contributed by atoms with van der Waals surface area (Å²) in [5.41, 5.74) is 1.72. The Balaban J connectivity index is 2.12. The molecule has 0 saturated carbocycles. The molecule has 0 radical (unpaired) electrons. The molecule has 0 amide bonds. The standard InChI is InChI=1S/C18H18O4/c1-2-21-18(20)11-9-15-8-10-16(19)12-17(15)22-13-14-6-4-3-5-7-14/h3-12,19H,2,13H2,1H3. The van der Waals surface area contributed by atoms with E-state index in [2.05, 4.69) is 0 Å². The van der Waals surface area contributed by atoms with E-state index in [4.69, 9.17) is 9.47 Å². The number of ether oxygens (including phenoxy) is 2. The van der Waals surface area contributed by atoms with Gasteiger partial charge in [0.2, 0.25) is 0 Å². The van der Waals surface area contributed by atoms with Gasteiger partial charge in [-0.15, -0.1) is 0 Å². The van der Waals surface area contributed by atoms with Gasteiger partial charge in [-0.25, -0.2) is 4.79 Å². The molecule has 22 heavy (non-hydrogen) atoms. The second-order valence-corrected chi connectivity index (χ2v) is 4.58. The second kappa shape index (κ2) is 7.88. The predicted molar refractivity (Wildman–Crippen MR) is 84.5 cm³/mol. The molecule has 2 rings (SSSR count). The average Bonchev–Trinajstić information content (AvgIpc) is 2.53. The number of hydrogen-bond donors (Lipinski definition) is 1. The van der Waals surface area contributed by atoms with Crippen LogP contribution in [0.4, 0.5) is 0 Å². The molecule has 4 nitrogen and oxygen atoms in total. The second-order valence-electron chi connectivity index (χ2n) is 4.58. The van der Waals surface area contributed by atoms with Gasteiger partial charge in [0.1, 0.15) is 18.1 Å². The summed E-state index contributed by atoms with van der Waals surface area (Å²) in [5, 5.41) is 9.60. The lowest BCUT2D eigenvalue weighted by molar-refractivity contribution is -0.137. The number of phenolic OH excluding ortho intramolecular Hbond substituents is 1. The summed E-state index contributed by atoms with van der Waals surface area (Å²) in [7, 11) is 0. The fraction of sp³-hybridized carbons (Fsp3) is 0.167. The molecule has 0 aliphatic carbocycles. The van der Waals surface area contributed by atoms with Crippen LogP contribution >= 0.6 is 0 Å². The number of esters is 1. The van der Waals surface area contributed by atoms with Crippen molar-refractivity contribution in [3.8, 4) is 11.5 Å². The van der Waals surface area contributed by atoms with Gasteiger partial charge in [-0.05, 0) is 30.7 Å². The summed E-state index contributed by atoms with van der Waals surface area (Å²) in [5.74, 6) is 0.199. The number of phenols is 1. The molecule has 0 aromatic heterocycles. The van der Waals surface area contributed by atoms with Crippen molar-refractivity contribution in [2.24, 2.45) is 0 Å². The van der Waals surface area contributed by atoms with Crippen molar-refractivity contribution in [1.29, 1.82) is 0 Å². The first kappa shape index (κ1) is 15.6. The van der Waals surface area contributed by atoms with E-state index in [0.717, 1.165) is 5.56 Å². The lowest BCUT2D eigenvalue weighted by Gasteiger charge is -2.10. The summed E-state index contributed by atoms with van der Waals surface area (Å²) in [6.45, 7) is 2.46. The lowest BCUT2D eigenvalue weighted by Crippen LogP contribution is -1.99. The summed E-state index contributed by atoms with van der Waals surface area (Å²) in [6, 6.07) is 14.5. The lowest BCUT2D eigenvalue weighted by atomic mass is 10.1. The van der Waals surface area contributed by atoms with E-state index in [-0.39, 0.29) is 5.75 Å². The molecule has 0 bridgehead atoms. The van der Waals surface area contributed by atoms with E-state index in [9.17, 15) is 9.90 Å². The molecule has 2 aromatic rings. The summed E-state index contributed by atoms with van der Waals surface area (Å²) in [6.07, 6.45) is 2.95. The monoisotopic (exact) mass is 298 g/mol. The van der Waals surface area contributed by atoms with Crippen molar-refractivity contribution < 1.29 is 19.4 Å². The molecular weight excluding hydrogens is 280 g/mol. The Kier molecular flexibility index (Phi) is 5.60. The number of aromatic hydroxyl groups is 1. The van der Waals surface area contributed by atoms with Crippen LogP contribution in [-0.2, 0) is 16.1 Å². The maximum absolute atomic E-state index is 11.4. The third kappa shape index (κ3) is 4.66. The number of carbonyl (C=O) groups excluding carboxylic acids is 1. The highest BCUT2D eigenvalue weighted by Crippen LogP contribution is 2.26. The largest absolute Gasteiger partial charge is 0.508 e. The first-order valence-corrected chi connectivity index (χ1v) is 7.03. The van der Waals surface area contributed by atoms with Gasteiger partial charge in [0, 0.05) is 17.7 Å².